The third-order valence-corrected chi connectivity index (χ3v) is 4.44. The van der Waals surface area contributed by atoms with Crippen LogP contribution in [-0.2, 0) is 0 Å². The van der Waals surface area contributed by atoms with Crippen molar-refractivity contribution < 1.29 is 0 Å². The van der Waals surface area contributed by atoms with Crippen molar-refractivity contribution in [1.29, 1.82) is 0 Å². The fourth-order valence-electron chi connectivity index (χ4n) is 3.35. The number of rotatable bonds is 0. The van der Waals surface area contributed by atoms with Gasteiger partial charge in [0.2, 0.25) is 0 Å². The maximum atomic E-state index is 3.63. The smallest absolute Gasteiger partial charge is 0.0288 e. The van der Waals surface area contributed by atoms with E-state index in [1.54, 1.807) is 0 Å². The Balaban J connectivity index is 2.16. The first kappa shape index (κ1) is 10.8. The lowest BCUT2D eigenvalue weighted by molar-refractivity contribution is 1.02. The van der Waals surface area contributed by atoms with Crippen molar-refractivity contribution in [1.82, 2.24) is 0 Å². The Labute approximate surface area is 113 Å². The van der Waals surface area contributed by atoms with Gasteiger partial charge in [0, 0.05) is 5.92 Å². The van der Waals surface area contributed by atoms with Gasteiger partial charge in [0.1, 0.15) is 0 Å². The van der Waals surface area contributed by atoms with Crippen LogP contribution in [0.15, 0.2) is 54.1 Å². The van der Waals surface area contributed by atoms with Gasteiger partial charge in [-0.25, -0.2) is 0 Å². The van der Waals surface area contributed by atoms with Gasteiger partial charge in [-0.2, -0.15) is 0 Å². The third-order valence-electron chi connectivity index (χ3n) is 4.44. The summed E-state index contributed by atoms with van der Waals surface area (Å²) in [6, 6.07) is 8.68. The largest absolute Gasteiger partial charge is 0.0726 e. The predicted octanol–water partition coefficient (Wildman–Crippen LogP) is 4.76. The highest BCUT2D eigenvalue weighted by atomic mass is 14.3. The molecular formula is C19H15. The topological polar surface area (TPSA) is 0 Å². The molecule has 0 N–H and O–H groups in total. The highest BCUT2D eigenvalue weighted by Gasteiger charge is 2.27. The first-order chi connectivity index (χ1) is 9.27. The summed E-state index contributed by atoms with van der Waals surface area (Å²) in [6.45, 7) is 4.48. The Hall–Kier alpha value is -2.08. The van der Waals surface area contributed by atoms with Crippen LogP contribution < -0.4 is 0 Å². The van der Waals surface area contributed by atoms with E-state index < -0.39 is 0 Å². The van der Waals surface area contributed by atoms with E-state index >= 15 is 0 Å². The Bertz CT molecular complexity index is 785. The zero-order valence-electron chi connectivity index (χ0n) is 11.2. The SMILES string of the molecule is Cc1c2c(c3ccccc3c1C)[C]=C1C=CC=CC12. The molecular weight excluding hydrogens is 228 g/mol. The molecule has 0 spiro atoms. The van der Waals surface area contributed by atoms with E-state index in [0.717, 1.165) is 0 Å². The highest BCUT2D eigenvalue weighted by molar-refractivity contribution is 5.93. The molecule has 19 heavy (non-hydrogen) atoms. The Morgan fingerprint density at radius 3 is 2.58 bits per heavy atom. The molecule has 0 heterocycles. The predicted molar refractivity (Wildman–Crippen MR) is 80.3 cm³/mol. The van der Waals surface area contributed by atoms with Crippen molar-refractivity contribution in [3.8, 4) is 0 Å². The van der Waals surface area contributed by atoms with E-state index in [0.29, 0.717) is 5.92 Å². The van der Waals surface area contributed by atoms with E-state index in [1.165, 1.54) is 38.6 Å². The van der Waals surface area contributed by atoms with Crippen LogP contribution in [0.3, 0.4) is 0 Å². The lowest BCUT2D eigenvalue weighted by Crippen LogP contribution is -2.01. The standard InChI is InChI=1S/C19H15/c1-12-13(2)19-16-9-4-3-7-14(16)11-18(19)17-10-6-5-8-15(12)17/h3-10,16H,1-2H3. The van der Waals surface area contributed by atoms with Gasteiger partial charge >= 0.3 is 0 Å². The molecule has 4 rings (SSSR count). The van der Waals surface area contributed by atoms with Crippen LogP contribution in [0, 0.1) is 19.9 Å². The maximum Gasteiger partial charge on any atom is 0.0288 e. The van der Waals surface area contributed by atoms with Gasteiger partial charge in [0.05, 0.1) is 0 Å². The summed E-state index contributed by atoms with van der Waals surface area (Å²) in [5, 5.41) is 2.70. The molecule has 1 atom stereocenters. The summed E-state index contributed by atoms with van der Waals surface area (Å²) in [7, 11) is 0. The summed E-state index contributed by atoms with van der Waals surface area (Å²) in [4.78, 5) is 0. The van der Waals surface area contributed by atoms with Gasteiger partial charge in [-0.3, -0.25) is 0 Å². The first-order valence-corrected chi connectivity index (χ1v) is 6.78. The van der Waals surface area contributed by atoms with Gasteiger partial charge in [-0.15, -0.1) is 0 Å². The minimum Gasteiger partial charge on any atom is -0.0726 e. The number of hydrogen-bond donors (Lipinski definition) is 0. The first-order valence-electron chi connectivity index (χ1n) is 6.78. The van der Waals surface area contributed by atoms with Gasteiger partial charge < -0.3 is 0 Å². The molecule has 2 aliphatic carbocycles. The number of fused-ring (bicyclic) bond motifs is 5. The fourth-order valence-corrected chi connectivity index (χ4v) is 3.35. The fraction of sp³-hybridized carbons (Fsp3) is 0.158. The van der Waals surface area contributed by atoms with Crippen LogP contribution in [0.25, 0.3) is 10.8 Å². The average Bonchev–Trinajstić information content (AvgIpc) is 2.84. The molecule has 91 valence electrons. The monoisotopic (exact) mass is 243 g/mol. The second-order valence-corrected chi connectivity index (χ2v) is 5.39. The molecule has 2 aromatic rings. The number of aryl methyl sites for hydroxylation is 1. The second-order valence-electron chi connectivity index (χ2n) is 5.39. The van der Waals surface area contributed by atoms with E-state index in [9.17, 15) is 0 Å². The molecule has 1 radical (unpaired) electrons. The Morgan fingerprint density at radius 2 is 1.74 bits per heavy atom. The minimum atomic E-state index is 0.406. The van der Waals surface area contributed by atoms with E-state index in [-0.39, 0.29) is 0 Å². The molecule has 0 amide bonds. The quantitative estimate of drug-likeness (QED) is 0.626. The average molecular weight is 243 g/mol. The summed E-state index contributed by atoms with van der Waals surface area (Å²) < 4.78 is 0. The van der Waals surface area contributed by atoms with Gasteiger partial charge in [0.15, 0.2) is 0 Å². The van der Waals surface area contributed by atoms with Crippen molar-refractivity contribution in [2.24, 2.45) is 0 Å². The maximum absolute atomic E-state index is 3.63. The number of benzene rings is 2. The summed E-state index contributed by atoms with van der Waals surface area (Å²) >= 11 is 0. The van der Waals surface area contributed by atoms with Gasteiger partial charge in [0.25, 0.3) is 0 Å². The van der Waals surface area contributed by atoms with Crippen LogP contribution in [-0.4, -0.2) is 0 Å². The molecule has 0 aliphatic heterocycles. The van der Waals surface area contributed by atoms with Gasteiger partial charge in [-0.1, -0.05) is 48.6 Å². The summed E-state index contributed by atoms with van der Waals surface area (Å²) in [6.07, 6.45) is 12.4. The molecule has 0 fully saturated rings. The molecule has 0 saturated heterocycles. The molecule has 0 nitrogen and oxygen atoms in total. The van der Waals surface area contributed by atoms with Crippen LogP contribution in [0.2, 0.25) is 0 Å². The van der Waals surface area contributed by atoms with Crippen molar-refractivity contribution in [2.45, 2.75) is 19.8 Å². The van der Waals surface area contributed by atoms with Crippen LogP contribution in [0.1, 0.15) is 28.2 Å². The molecule has 1 unspecified atom stereocenters. The molecule has 0 bridgehead atoms. The second kappa shape index (κ2) is 3.71. The number of allylic oxidation sites excluding steroid dienone is 5. The van der Waals surface area contributed by atoms with Crippen molar-refractivity contribution in [3.05, 3.63) is 82.5 Å². The summed E-state index contributed by atoms with van der Waals surface area (Å²) in [5.41, 5.74) is 6.87. The van der Waals surface area contributed by atoms with Crippen LogP contribution >= 0.6 is 0 Å². The lowest BCUT2D eigenvalue weighted by Gasteiger charge is -2.18. The van der Waals surface area contributed by atoms with Gasteiger partial charge in [-0.05, 0) is 58.5 Å². The lowest BCUT2D eigenvalue weighted by atomic mass is 9.85. The van der Waals surface area contributed by atoms with Crippen molar-refractivity contribution in [3.63, 3.8) is 0 Å². The van der Waals surface area contributed by atoms with Crippen LogP contribution in [0.5, 0.6) is 0 Å². The Morgan fingerprint density at radius 1 is 0.947 bits per heavy atom. The Kier molecular flexibility index (Phi) is 2.11. The minimum absolute atomic E-state index is 0.406. The van der Waals surface area contributed by atoms with Crippen LogP contribution in [0.4, 0.5) is 0 Å². The molecule has 0 aromatic heterocycles. The normalized spacial score (nSPS) is 19.5. The van der Waals surface area contributed by atoms with E-state index in [2.05, 4.69) is 68.5 Å². The van der Waals surface area contributed by atoms with E-state index in [4.69, 9.17) is 0 Å². The molecule has 2 aromatic carbocycles. The van der Waals surface area contributed by atoms with Crippen molar-refractivity contribution in [2.75, 3.05) is 0 Å². The molecule has 0 saturated carbocycles. The third kappa shape index (κ3) is 1.34. The zero-order valence-corrected chi connectivity index (χ0v) is 11.2. The van der Waals surface area contributed by atoms with E-state index in [1.807, 2.05) is 0 Å². The molecule has 2 aliphatic rings. The molecule has 0 heteroatoms. The summed E-state index contributed by atoms with van der Waals surface area (Å²) in [5.74, 6) is 0.406. The highest BCUT2D eigenvalue weighted by Crippen LogP contribution is 2.44. The zero-order chi connectivity index (χ0) is 13.0. The number of hydrogen-bond acceptors (Lipinski definition) is 0. The van der Waals surface area contributed by atoms with Crippen molar-refractivity contribution >= 4 is 10.8 Å².